The Morgan fingerprint density at radius 2 is 1.94 bits per heavy atom. The van der Waals surface area contributed by atoms with Crippen LogP contribution in [-0.4, -0.2) is 48.4 Å². The molecule has 2 aromatic carbocycles. The van der Waals surface area contributed by atoms with Crippen LogP contribution in [0.5, 0.6) is 11.5 Å². The van der Waals surface area contributed by atoms with Crippen LogP contribution in [0.2, 0.25) is 0 Å². The molecule has 0 spiro atoms. The molecule has 31 heavy (non-hydrogen) atoms. The molecule has 2 heterocycles. The van der Waals surface area contributed by atoms with E-state index in [1.54, 1.807) is 45.5 Å². The summed E-state index contributed by atoms with van der Waals surface area (Å²) in [6.45, 7) is 1.10. The average molecular weight is 422 g/mol. The summed E-state index contributed by atoms with van der Waals surface area (Å²) in [6, 6.07) is 12.9. The van der Waals surface area contributed by atoms with Crippen molar-refractivity contribution < 1.29 is 14.3 Å². The monoisotopic (exact) mass is 422 g/mol. The number of likely N-dealkylation sites (tertiary alicyclic amines) is 1. The van der Waals surface area contributed by atoms with E-state index in [2.05, 4.69) is 15.3 Å². The Morgan fingerprint density at radius 1 is 1.16 bits per heavy atom. The van der Waals surface area contributed by atoms with Crippen LogP contribution in [-0.2, 0) is 6.67 Å². The van der Waals surface area contributed by atoms with E-state index in [1.807, 2.05) is 18.2 Å². The van der Waals surface area contributed by atoms with E-state index in [0.29, 0.717) is 10.8 Å². The number of benzene rings is 2. The molecule has 0 saturated carbocycles. The highest BCUT2D eigenvalue weighted by molar-refractivity contribution is 6.04. The van der Waals surface area contributed by atoms with Gasteiger partial charge in [0.25, 0.3) is 11.5 Å². The zero-order valence-corrected chi connectivity index (χ0v) is 17.9. The number of amides is 1. The number of rotatable bonds is 6. The summed E-state index contributed by atoms with van der Waals surface area (Å²) in [5.74, 6) is 1.16. The molecule has 1 aromatic heterocycles. The molecular weight excluding hydrogens is 396 g/mol. The van der Waals surface area contributed by atoms with Gasteiger partial charge in [0.2, 0.25) is 0 Å². The lowest BCUT2D eigenvalue weighted by Gasteiger charge is -2.26. The standard InChI is InChI=1S/C23H26N4O4/c1-24-22(28)21-16-7-4-5-8-17(16)23(29)27(25-21)14-26-12-6-9-19(26)18-11-10-15(30-2)13-20(18)31-3/h4-5,7-8,10-11,13,19H,6,9,12,14H2,1-3H3,(H,24,28)/t19-/m1/s1. The lowest BCUT2D eigenvalue weighted by Crippen LogP contribution is -2.36. The highest BCUT2D eigenvalue weighted by Gasteiger charge is 2.29. The molecule has 1 aliphatic heterocycles. The summed E-state index contributed by atoms with van der Waals surface area (Å²) in [7, 11) is 4.82. The van der Waals surface area contributed by atoms with Crippen LogP contribution in [0.15, 0.2) is 47.3 Å². The van der Waals surface area contributed by atoms with Crippen molar-refractivity contribution in [3.8, 4) is 11.5 Å². The van der Waals surface area contributed by atoms with Gasteiger partial charge >= 0.3 is 0 Å². The van der Waals surface area contributed by atoms with Crippen molar-refractivity contribution in [2.45, 2.75) is 25.6 Å². The molecule has 0 unspecified atom stereocenters. The van der Waals surface area contributed by atoms with Gasteiger partial charge in [-0.25, -0.2) is 4.68 Å². The molecule has 162 valence electrons. The number of hydrogen-bond donors (Lipinski definition) is 1. The van der Waals surface area contributed by atoms with Gasteiger partial charge in [-0.05, 0) is 25.0 Å². The van der Waals surface area contributed by atoms with E-state index >= 15 is 0 Å². The van der Waals surface area contributed by atoms with Crippen molar-refractivity contribution in [3.05, 3.63) is 64.1 Å². The second kappa shape index (κ2) is 8.77. The summed E-state index contributed by atoms with van der Waals surface area (Å²) in [6.07, 6.45) is 1.93. The fourth-order valence-electron chi connectivity index (χ4n) is 4.23. The number of aromatic nitrogens is 2. The maximum Gasteiger partial charge on any atom is 0.275 e. The number of ether oxygens (including phenoxy) is 2. The van der Waals surface area contributed by atoms with Crippen LogP contribution in [0.1, 0.15) is 34.9 Å². The number of hydrogen-bond acceptors (Lipinski definition) is 6. The van der Waals surface area contributed by atoms with Crippen molar-refractivity contribution in [2.75, 3.05) is 27.8 Å². The Labute approximate surface area is 180 Å². The normalized spacial score (nSPS) is 16.4. The average Bonchev–Trinajstić information content (AvgIpc) is 3.27. The lowest BCUT2D eigenvalue weighted by atomic mass is 10.0. The van der Waals surface area contributed by atoms with Crippen LogP contribution < -0.4 is 20.3 Å². The summed E-state index contributed by atoms with van der Waals surface area (Å²) in [5, 5.41) is 8.08. The van der Waals surface area contributed by atoms with Gasteiger partial charge in [-0.15, -0.1) is 0 Å². The topological polar surface area (TPSA) is 85.7 Å². The van der Waals surface area contributed by atoms with E-state index in [0.717, 1.165) is 36.4 Å². The number of nitrogens with one attached hydrogen (secondary N) is 1. The Morgan fingerprint density at radius 3 is 2.65 bits per heavy atom. The third kappa shape index (κ3) is 3.86. The number of fused-ring (bicyclic) bond motifs is 1. The molecule has 1 saturated heterocycles. The van der Waals surface area contributed by atoms with E-state index in [1.165, 1.54) is 4.68 Å². The lowest BCUT2D eigenvalue weighted by molar-refractivity contribution is 0.0955. The van der Waals surface area contributed by atoms with E-state index in [9.17, 15) is 9.59 Å². The first-order valence-corrected chi connectivity index (χ1v) is 10.2. The fraction of sp³-hybridized carbons (Fsp3) is 0.348. The first kappa shape index (κ1) is 20.9. The van der Waals surface area contributed by atoms with Crippen LogP contribution in [0.3, 0.4) is 0 Å². The molecule has 1 N–H and O–H groups in total. The quantitative estimate of drug-likeness (QED) is 0.657. The molecule has 4 rings (SSSR count). The fourth-order valence-corrected chi connectivity index (χ4v) is 4.23. The highest BCUT2D eigenvalue weighted by Crippen LogP contribution is 2.38. The molecule has 1 fully saturated rings. The highest BCUT2D eigenvalue weighted by atomic mass is 16.5. The summed E-state index contributed by atoms with van der Waals surface area (Å²) < 4.78 is 12.3. The molecule has 0 bridgehead atoms. The van der Waals surface area contributed by atoms with Gasteiger partial charge in [-0.1, -0.05) is 24.3 Å². The SMILES string of the molecule is CNC(=O)c1nn(CN2CCC[C@@H]2c2ccc(OC)cc2OC)c(=O)c2ccccc12. The maximum atomic E-state index is 13.1. The molecule has 1 aliphatic rings. The summed E-state index contributed by atoms with van der Waals surface area (Å²) >= 11 is 0. The van der Waals surface area contributed by atoms with Gasteiger partial charge in [0, 0.05) is 36.7 Å². The van der Waals surface area contributed by atoms with Gasteiger partial charge in [-0.3, -0.25) is 14.5 Å². The molecule has 3 aromatic rings. The second-order valence-corrected chi connectivity index (χ2v) is 7.50. The number of carbonyl (C=O) groups excluding carboxylic acids is 1. The van der Waals surface area contributed by atoms with Crippen molar-refractivity contribution in [1.29, 1.82) is 0 Å². The first-order chi connectivity index (χ1) is 15.1. The predicted octanol–water partition coefficient (Wildman–Crippen LogP) is 2.57. The van der Waals surface area contributed by atoms with Crippen molar-refractivity contribution in [2.24, 2.45) is 0 Å². The Kier molecular flexibility index (Phi) is 5.90. The third-order valence-electron chi connectivity index (χ3n) is 5.79. The van der Waals surface area contributed by atoms with Crippen LogP contribution in [0.4, 0.5) is 0 Å². The minimum atomic E-state index is -0.320. The van der Waals surface area contributed by atoms with Crippen molar-refractivity contribution in [3.63, 3.8) is 0 Å². The van der Waals surface area contributed by atoms with Crippen LogP contribution in [0.25, 0.3) is 10.8 Å². The van der Waals surface area contributed by atoms with Crippen LogP contribution in [0, 0.1) is 0 Å². The molecule has 8 nitrogen and oxygen atoms in total. The second-order valence-electron chi connectivity index (χ2n) is 7.50. The smallest absolute Gasteiger partial charge is 0.275 e. The Bertz CT molecular complexity index is 1170. The van der Waals surface area contributed by atoms with Gasteiger partial charge in [0.05, 0.1) is 26.3 Å². The van der Waals surface area contributed by atoms with Gasteiger partial charge in [0.1, 0.15) is 11.5 Å². The van der Waals surface area contributed by atoms with Crippen LogP contribution >= 0.6 is 0 Å². The van der Waals surface area contributed by atoms with Gasteiger partial charge in [-0.2, -0.15) is 5.10 Å². The third-order valence-corrected chi connectivity index (χ3v) is 5.79. The zero-order chi connectivity index (χ0) is 22.0. The first-order valence-electron chi connectivity index (χ1n) is 10.2. The molecule has 0 aliphatic carbocycles. The molecule has 8 heteroatoms. The zero-order valence-electron chi connectivity index (χ0n) is 17.9. The van der Waals surface area contributed by atoms with E-state index in [-0.39, 0.29) is 29.9 Å². The molecule has 1 amide bonds. The largest absolute Gasteiger partial charge is 0.497 e. The maximum absolute atomic E-state index is 13.1. The number of methoxy groups -OCH3 is 2. The molecular formula is C23H26N4O4. The number of carbonyl (C=O) groups is 1. The minimum Gasteiger partial charge on any atom is -0.497 e. The van der Waals surface area contributed by atoms with E-state index < -0.39 is 0 Å². The molecule has 0 radical (unpaired) electrons. The Balaban J connectivity index is 1.73. The van der Waals surface area contributed by atoms with Gasteiger partial charge < -0.3 is 14.8 Å². The van der Waals surface area contributed by atoms with E-state index in [4.69, 9.17) is 9.47 Å². The predicted molar refractivity (Wildman–Crippen MR) is 118 cm³/mol. The van der Waals surface area contributed by atoms with Crippen molar-refractivity contribution >= 4 is 16.7 Å². The molecule has 1 atom stereocenters. The van der Waals surface area contributed by atoms with Crippen molar-refractivity contribution in [1.82, 2.24) is 20.0 Å². The number of nitrogens with zero attached hydrogens (tertiary/aromatic N) is 3. The minimum absolute atomic E-state index is 0.0736. The van der Waals surface area contributed by atoms with Gasteiger partial charge in [0.15, 0.2) is 5.69 Å². The Hall–Kier alpha value is -3.39. The summed E-state index contributed by atoms with van der Waals surface area (Å²) in [4.78, 5) is 27.8. The summed E-state index contributed by atoms with van der Waals surface area (Å²) in [5.41, 5.74) is 1.08.